The largest absolute Gasteiger partial charge is 0.354 e. The van der Waals surface area contributed by atoms with Gasteiger partial charge in [0.15, 0.2) is 0 Å². The number of hydrogen-bond acceptors (Lipinski definition) is 6. The second-order valence-corrected chi connectivity index (χ2v) is 13.2. The van der Waals surface area contributed by atoms with Crippen molar-refractivity contribution in [1.82, 2.24) is 20.1 Å². The van der Waals surface area contributed by atoms with E-state index < -0.39 is 12.1 Å². The lowest BCUT2D eigenvalue weighted by molar-refractivity contribution is -0.146. The fraction of sp³-hybridized carbons (Fsp3) is 0.368. The van der Waals surface area contributed by atoms with E-state index in [0.717, 1.165) is 39.6 Å². The zero-order valence-corrected chi connectivity index (χ0v) is 28.7. The number of benzene rings is 2. The van der Waals surface area contributed by atoms with E-state index in [9.17, 15) is 14.4 Å². The number of aromatic nitrogens is 1. The molecule has 0 fully saturated rings. The Bertz CT molecular complexity index is 1640. The molecule has 9 heteroatoms. The van der Waals surface area contributed by atoms with Crippen LogP contribution in [0.25, 0.3) is 10.8 Å². The molecule has 0 saturated heterocycles. The Hall–Kier alpha value is -4.34. The number of rotatable bonds is 16. The first-order chi connectivity index (χ1) is 22.6. The number of nitrogens with one attached hydrogen (secondary N) is 1. The van der Waals surface area contributed by atoms with Gasteiger partial charge in [0.2, 0.25) is 17.7 Å². The van der Waals surface area contributed by atoms with E-state index in [1.807, 2.05) is 86.0 Å². The molecule has 2 aromatic carbocycles. The highest BCUT2D eigenvalue weighted by atomic mass is 32.1. The molecule has 0 spiro atoms. The zero-order valence-electron chi connectivity index (χ0n) is 27.9. The van der Waals surface area contributed by atoms with Crippen LogP contribution in [0.5, 0.6) is 0 Å². The summed E-state index contributed by atoms with van der Waals surface area (Å²) in [7, 11) is 3.32. The monoisotopic (exact) mass is 653 g/mol. The summed E-state index contributed by atoms with van der Waals surface area (Å²) in [4.78, 5) is 49.8. The Balaban J connectivity index is 1.59. The quantitative estimate of drug-likeness (QED) is 0.154. The topological polar surface area (TPSA) is 109 Å². The molecule has 3 amide bonds. The molecule has 8 nitrogen and oxygen atoms in total. The molecule has 2 heterocycles. The molecule has 2 aromatic heterocycles. The highest BCUT2D eigenvalue weighted by Crippen LogP contribution is 2.21. The van der Waals surface area contributed by atoms with Gasteiger partial charge in [0.25, 0.3) is 0 Å². The molecule has 0 aliphatic carbocycles. The van der Waals surface area contributed by atoms with Crippen LogP contribution >= 0.6 is 11.3 Å². The van der Waals surface area contributed by atoms with Crippen molar-refractivity contribution in [2.75, 3.05) is 20.6 Å². The van der Waals surface area contributed by atoms with Crippen molar-refractivity contribution in [3.8, 4) is 0 Å². The number of pyridine rings is 1. The third-order valence-electron chi connectivity index (χ3n) is 9.09. The van der Waals surface area contributed by atoms with Crippen LogP contribution in [0.4, 0.5) is 0 Å². The van der Waals surface area contributed by atoms with Crippen molar-refractivity contribution < 1.29 is 14.4 Å². The van der Waals surface area contributed by atoms with Crippen molar-refractivity contribution in [2.24, 2.45) is 5.73 Å². The van der Waals surface area contributed by atoms with Gasteiger partial charge in [-0.2, -0.15) is 0 Å². The molecule has 3 N–H and O–H groups in total. The normalized spacial score (nSPS) is 13.0. The highest BCUT2D eigenvalue weighted by Gasteiger charge is 2.35. The summed E-state index contributed by atoms with van der Waals surface area (Å²) in [5, 5.41) is 7.16. The minimum Gasteiger partial charge on any atom is -0.354 e. The van der Waals surface area contributed by atoms with Crippen LogP contribution in [0, 0.1) is 0 Å². The molecule has 2 atom stereocenters. The summed E-state index contributed by atoms with van der Waals surface area (Å²) in [5.41, 5.74) is 8.07. The molecule has 0 aliphatic heterocycles. The Morgan fingerprint density at radius 3 is 2.30 bits per heavy atom. The second kappa shape index (κ2) is 17.0. The van der Waals surface area contributed by atoms with E-state index in [1.54, 1.807) is 37.8 Å². The van der Waals surface area contributed by atoms with Crippen molar-refractivity contribution in [3.05, 3.63) is 113 Å². The molecule has 0 aliphatic rings. The number of nitrogens with zero attached hydrogens (tertiary/aromatic N) is 3. The molecule has 0 unspecified atom stereocenters. The molecule has 47 heavy (non-hydrogen) atoms. The minimum atomic E-state index is -0.839. The summed E-state index contributed by atoms with van der Waals surface area (Å²) >= 11 is 1.55. The van der Waals surface area contributed by atoms with E-state index in [0.29, 0.717) is 32.2 Å². The van der Waals surface area contributed by atoms with E-state index in [4.69, 9.17) is 5.73 Å². The number of likely N-dealkylation sites (N-methyl/N-ethyl adjacent to an activating group) is 2. The Labute approximate surface area is 282 Å². The number of amides is 3. The van der Waals surface area contributed by atoms with Gasteiger partial charge in [-0.15, -0.1) is 11.3 Å². The molecule has 248 valence electrons. The lowest BCUT2D eigenvalue weighted by Gasteiger charge is -2.34. The fourth-order valence-corrected chi connectivity index (χ4v) is 6.34. The first kappa shape index (κ1) is 35.5. The molecular formula is C38H47N5O3S. The first-order valence-electron chi connectivity index (χ1n) is 16.3. The van der Waals surface area contributed by atoms with E-state index >= 15 is 0 Å². The lowest BCUT2D eigenvalue weighted by atomic mass is 9.90. The molecule has 0 bridgehead atoms. The predicted molar refractivity (Wildman–Crippen MR) is 191 cm³/mol. The van der Waals surface area contributed by atoms with Gasteiger partial charge in [-0.25, -0.2) is 0 Å². The predicted octanol–water partition coefficient (Wildman–Crippen LogP) is 5.56. The third-order valence-corrected chi connectivity index (χ3v) is 9.99. The van der Waals surface area contributed by atoms with Gasteiger partial charge in [0.05, 0.1) is 0 Å². The number of nitrogens with two attached hydrogens (primary N) is 1. The van der Waals surface area contributed by atoms with Gasteiger partial charge in [-0.1, -0.05) is 68.5 Å². The lowest BCUT2D eigenvalue weighted by Crippen LogP contribution is -2.56. The van der Waals surface area contributed by atoms with Crippen molar-refractivity contribution >= 4 is 39.8 Å². The molecule has 0 saturated carbocycles. The maximum Gasteiger partial charge on any atom is 0.246 e. The molecule has 4 rings (SSSR count). The number of hydrogen-bond donors (Lipinski definition) is 2. The Morgan fingerprint density at radius 2 is 1.62 bits per heavy atom. The summed E-state index contributed by atoms with van der Waals surface area (Å²) in [6.07, 6.45) is 10.2. The molecule has 4 aromatic rings. The first-order valence-corrected chi connectivity index (χ1v) is 17.2. The highest BCUT2D eigenvalue weighted by molar-refractivity contribution is 7.09. The van der Waals surface area contributed by atoms with Crippen LogP contribution in [-0.2, 0) is 33.6 Å². The van der Waals surface area contributed by atoms with Crippen LogP contribution in [0.1, 0.15) is 49.1 Å². The summed E-state index contributed by atoms with van der Waals surface area (Å²) in [6, 6.07) is 20.3. The Morgan fingerprint density at radius 1 is 0.894 bits per heavy atom. The summed E-state index contributed by atoms with van der Waals surface area (Å²) in [5.74, 6) is -0.827. The average molecular weight is 654 g/mol. The average Bonchev–Trinajstić information content (AvgIpc) is 3.62. The number of fused-ring (bicyclic) bond motifs is 1. The van der Waals surface area contributed by atoms with Gasteiger partial charge in [-0.3, -0.25) is 19.4 Å². The van der Waals surface area contributed by atoms with E-state index in [1.165, 1.54) is 15.9 Å². The fourth-order valence-electron chi connectivity index (χ4n) is 5.59. The van der Waals surface area contributed by atoms with E-state index in [-0.39, 0.29) is 23.3 Å². The van der Waals surface area contributed by atoms with Crippen LogP contribution in [0.15, 0.2) is 96.7 Å². The van der Waals surface area contributed by atoms with Crippen molar-refractivity contribution in [2.45, 2.75) is 70.0 Å². The molecule has 0 radical (unpaired) electrons. The number of thiophene rings is 1. The SMILES string of the molecule is CCC(N)(CC)C/C=C/C(=O)N(C)[C@H](Cc1ccc2ccccc2c1)C(=O)N(C)[C@H](Cc1cccs1)C(=O)NCCc1ccncc1. The van der Waals surface area contributed by atoms with Gasteiger partial charge in [-0.05, 0) is 77.2 Å². The van der Waals surface area contributed by atoms with Crippen molar-refractivity contribution in [3.63, 3.8) is 0 Å². The van der Waals surface area contributed by atoms with Gasteiger partial charge < -0.3 is 20.9 Å². The third kappa shape index (κ3) is 9.83. The maximum absolute atomic E-state index is 14.5. The maximum atomic E-state index is 14.5. The van der Waals surface area contributed by atoms with Crippen LogP contribution in [-0.4, -0.2) is 70.8 Å². The second-order valence-electron chi connectivity index (χ2n) is 12.2. The number of carbonyl (C=O) groups excluding carboxylic acids is 3. The Kier molecular flexibility index (Phi) is 12.8. The standard InChI is InChI=1S/C38H47N5O3S/c1-5-38(39,6-2)20-9-14-35(44)42(3)34(26-29-15-16-30-11-7-8-12-31(30)25-29)37(46)43(4)33(27-32-13-10-24-47-32)36(45)41-23-19-28-17-21-40-22-18-28/h7-18,21-22,24-25,33-34H,5-6,19-20,23,26-27,39H2,1-4H3,(H,41,45)/b14-9+/t33-,34-/m1/s1. The van der Waals surface area contributed by atoms with Gasteiger partial charge in [0.1, 0.15) is 12.1 Å². The van der Waals surface area contributed by atoms with Gasteiger partial charge in [0, 0.05) is 56.3 Å². The zero-order chi connectivity index (χ0) is 33.8. The van der Waals surface area contributed by atoms with Crippen LogP contribution < -0.4 is 11.1 Å². The minimum absolute atomic E-state index is 0.236. The van der Waals surface area contributed by atoms with Crippen LogP contribution in [0.3, 0.4) is 0 Å². The van der Waals surface area contributed by atoms with Crippen molar-refractivity contribution in [1.29, 1.82) is 0 Å². The van der Waals surface area contributed by atoms with Gasteiger partial charge >= 0.3 is 0 Å². The smallest absolute Gasteiger partial charge is 0.246 e. The van der Waals surface area contributed by atoms with Crippen LogP contribution in [0.2, 0.25) is 0 Å². The number of carbonyl (C=O) groups is 3. The van der Waals surface area contributed by atoms with E-state index in [2.05, 4.69) is 16.4 Å². The summed E-state index contributed by atoms with van der Waals surface area (Å²) < 4.78 is 0. The summed E-state index contributed by atoms with van der Waals surface area (Å²) in [6.45, 7) is 4.51. The molecular weight excluding hydrogens is 607 g/mol.